The topological polar surface area (TPSA) is 90.1 Å². The van der Waals surface area contributed by atoms with E-state index in [2.05, 4.69) is 23.8 Å². The molecule has 1 aliphatic heterocycles. The Morgan fingerprint density at radius 3 is 2.71 bits per heavy atom. The second-order valence-electron chi connectivity index (χ2n) is 6.48. The van der Waals surface area contributed by atoms with Crippen LogP contribution in [0.4, 0.5) is 0 Å². The van der Waals surface area contributed by atoms with Gasteiger partial charge in [-0.15, -0.1) is 0 Å². The normalized spacial score (nSPS) is 15.7. The fourth-order valence-corrected chi connectivity index (χ4v) is 4.16. The Hall–Kier alpha value is -2.00. The predicted octanol–water partition coefficient (Wildman–Crippen LogP) is 0.380. The van der Waals surface area contributed by atoms with Crippen molar-refractivity contribution in [1.29, 1.82) is 0 Å². The molecule has 0 fully saturated rings. The number of fused-ring (bicyclic) bond motifs is 1. The molecule has 0 N–H and O–H groups in total. The molecule has 8 nitrogen and oxygen atoms in total. The summed E-state index contributed by atoms with van der Waals surface area (Å²) >= 11 is 0. The van der Waals surface area contributed by atoms with Crippen molar-refractivity contribution in [3.8, 4) is 0 Å². The molecule has 0 bridgehead atoms. The van der Waals surface area contributed by atoms with E-state index in [0.717, 1.165) is 0 Å². The van der Waals surface area contributed by atoms with E-state index >= 15 is 0 Å². The molecule has 0 unspecified atom stereocenters. The van der Waals surface area contributed by atoms with Gasteiger partial charge in [0.2, 0.25) is 0 Å². The van der Waals surface area contributed by atoms with Crippen LogP contribution in [0.5, 0.6) is 0 Å². The number of hydrogen-bond acceptors (Lipinski definition) is 5. The fraction of sp³-hybridized carbons (Fsp3) is 0.533. The molecule has 3 heterocycles. The number of nitrogens with zero attached hydrogens (tertiary/aromatic N) is 5. The maximum Gasteiger partial charge on any atom is 0.262 e. The Labute approximate surface area is 140 Å². The molecule has 2 aromatic rings. The lowest BCUT2D eigenvalue weighted by Crippen LogP contribution is -2.40. The van der Waals surface area contributed by atoms with Gasteiger partial charge >= 0.3 is 0 Å². The van der Waals surface area contributed by atoms with E-state index in [-0.39, 0.29) is 23.7 Å². The molecule has 0 atom stereocenters. The van der Waals surface area contributed by atoms with E-state index in [1.165, 1.54) is 15.2 Å². The molecule has 130 valence electrons. The van der Waals surface area contributed by atoms with Gasteiger partial charge in [0, 0.05) is 31.9 Å². The molecule has 3 rings (SSSR count). The zero-order valence-corrected chi connectivity index (χ0v) is 14.8. The van der Waals surface area contributed by atoms with E-state index < -0.39 is 10.0 Å². The van der Waals surface area contributed by atoms with Crippen LogP contribution in [0.3, 0.4) is 0 Å². The average Bonchev–Trinajstić information content (AvgIpc) is 2.99. The van der Waals surface area contributed by atoms with Crippen molar-refractivity contribution in [2.75, 3.05) is 6.54 Å². The third-order valence-corrected chi connectivity index (χ3v) is 5.77. The number of rotatable bonds is 4. The maximum atomic E-state index is 12.8. The van der Waals surface area contributed by atoms with E-state index in [1.54, 1.807) is 24.1 Å². The van der Waals surface area contributed by atoms with Crippen LogP contribution >= 0.6 is 0 Å². The van der Waals surface area contributed by atoms with Gasteiger partial charge in [0.05, 0.1) is 24.9 Å². The SMILES string of the molecule is CC(C)Cn1cnc(S(=O)(=O)N2CCc3c(ncn(C)c3=O)C2)c1. The van der Waals surface area contributed by atoms with Crippen molar-refractivity contribution >= 4 is 10.0 Å². The first-order chi connectivity index (χ1) is 11.3. The summed E-state index contributed by atoms with van der Waals surface area (Å²) in [6.07, 6.45) is 4.89. The first-order valence-electron chi connectivity index (χ1n) is 7.84. The first-order valence-corrected chi connectivity index (χ1v) is 9.28. The number of hydrogen-bond donors (Lipinski definition) is 0. The Morgan fingerprint density at radius 2 is 2.00 bits per heavy atom. The maximum absolute atomic E-state index is 12.8. The summed E-state index contributed by atoms with van der Waals surface area (Å²) in [4.78, 5) is 20.3. The van der Waals surface area contributed by atoms with Gasteiger partial charge in [-0.1, -0.05) is 13.8 Å². The molecule has 0 spiro atoms. The first kappa shape index (κ1) is 16.8. The highest BCUT2D eigenvalue weighted by molar-refractivity contribution is 7.89. The van der Waals surface area contributed by atoms with Crippen molar-refractivity contribution in [2.45, 2.75) is 38.4 Å². The Morgan fingerprint density at radius 1 is 1.25 bits per heavy atom. The van der Waals surface area contributed by atoms with Crippen molar-refractivity contribution in [2.24, 2.45) is 13.0 Å². The second-order valence-corrected chi connectivity index (χ2v) is 8.36. The fourth-order valence-electron chi connectivity index (χ4n) is 2.82. The monoisotopic (exact) mass is 351 g/mol. The molecule has 0 aromatic carbocycles. The van der Waals surface area contributed by atoms with Gasteiger partial charge in [0.25, 0.3) is 15.6 Å². The van der Waals surface area contributed by atoms with Crippen molar-refractivity contribution in [3.63, 3.8) is 0 Å². The van der Waals surface area contributed by atoms with Gasteiger partial charge in [-0.3, -0.25) is 4.79 Å². The third-order valence-electron chi connectivity index (χ3n) is 4.04. The molecular weight excluding hydrogens is 330 g/mol. The Kier molecular flexibility index (Phi) is 4.31. The highest BCUT2D eigenvalue weighted by Crippen LogP contribution is 2.21. The zero-order valence-electron chi connectivity index (χ0n) is 14.0. The molecule has 0 amide bonds. The van der Waals surface area contributed by atoms with Crippen LogP contribution in [-0.2, 0) is 36.6 Å². The van der Waals surface area contributed by atoms with Crippen LogP contribution in [0.25, 0.3) is 0 Å². The minimum atomic E-state index is -3.69. The van der Waals surface area contributed by atoms with Gasteiger partial charge in [0.1, 0.15) is 0 Å². The summed E-state index contributed by atoms with van der Waals surface area (Å²) in [6.45, 7) is 5.19. The number of imidazole rings is 1. The smallest absolute Gasteiger partial charge is 0.262 e. The van der Waals surface area contributed by atoms with Crippen LogP contribution in [0.15, 0.2) is 28.7 Å². The number of aryl methyl sites for hydroxylation is 1. The van der Waals surface area contributed by atoms with E-state index in [4.69, 9.17) is 0 Å². The van der Waals surface area contributed by atoms with E-state index in [1.807, 2.05) is 0 Å². The van der Waals surface area contributed by atoms with Gasteiger partial charge in [0.15, 0.2) is 5.03 Å². The van der Waals surface area contributed by atoms with Crippen molar-refractivity contribution < 1.29 is 8.42 Å². The van der Waals surface area contributed by atoms with Crippen molar-refractivity contribution in [3.05, 3.63) is 40.5 Å². The second kappa shape index (κ2) is 6.14. The molecule has 9 heteroatoms. The predicted molar refractivity (Wildman–Crippen MR) is 87.8 cm³/mol. The minimum Gasteiger partial charge on any atom is -0.336 e. The Balaban J connectivity index is 1.87. The van der Waals surface area contributed by atoms with Crippen LogP contribution in [-0.4, -0.2) is 38.4 Å². The summed E-state index contributed by atoms with van der Waals surface area (Å²) in [5.74, 6) is 0.400. The minimum absolute atomic E-state index is 0.0374. The Bertz CT molecular complexity index is 913. The van der Waals surface area contributed by atoms with Crippen molar-refractivity contribution in [1.82, 2.24) is 23.4 Å². The standard InChI is InChI=1S/C15H21N5O3S/c1-11(2)6-19-8-14(17-10-19)24(22,23)20-5-4-12-13(7-20)16-9-18(3)15(12)21/h8-11H,4-7H2,1-3H3. The third kappa shape index (κ3) is 3.01. The van der Waals surface area contributed by atoms with Gasteiger partial charge < -0.3 is 9.13 Å². The highest BCUT2D eigenvalue weighted by atomic mass is 32.2. The summed E-state index contributed by atoms with van der Waals surface area (Å²) in [5, 5.41) is 0.0374. The van der Waals surface area contributed by atoms with Gasteiger partial charge in [-0.05, 0) is 12.3 Å². The van der Waals surface area contributed by atoms with E-state index in [0.29, 0.717) is 30.1 Å². The quantitative estimate of drug-likeness (QED) is 0.794. The number of sulfonamides is 1. The highest BCUT2D eigenvalue weighted by Gasteiger charge is 2.31. The largest absolute Gasteiger partial charge is 0.336 e. The number of aromatic nitrogens is 4. The molecule has 0 saturated carbocycles. The molecule has 2 aromatic heterocycles. The zero-order chi connectivity index (χ0) is 17.5. The van der Waals surface area contributed by atoms with E-state index in [9.17, 15) is 13.2 Å². The van der Waals surface area contributed by atoms with Crippen LogP contribution in [0.1, 0.15) is 25.1 Å². The van der Waals surface area contributed by atoms with Gasteiger partial charge in [-0.2, -0.15) is 4.31 Å². The van der Waals surface area contributed by atoms with Gasteiger partial charge in [-0.25, -0.2) is 18.4 Å². The molecular formula is C15H21N5O3S. The summed E-state index contributed by atoms with van der Waals surface area (Å²) < 4.78 is 30.1. The molecule has 0 radical (unpaired) electrons. The average molecular weight is 351 g/mol. The van der Waals surface area contributed by atoms with Crippen LogP contribution in [0, 0.1) is 5.92 Å². The molecule has 1 aliphatic rings. The summed E-state index contributed by atoms with van der Waals surface area (Å²) in [5.41, 5.74) is 1.00. The lowest BCUT2D eigenvalue weighted by Gasteiger charge is -2.26. The lowest BCUT2D eigenvalue weighted by atomic mass is 10.1. The molecule has 0 saturated heterocycles. The molecule has 24 heavy (non-hydrogen) atoms. The summed E-state index contributed by atoms with van der Waals surface area (Å²) in [7, 11) is -2.05. The van der Waals surface area contributed by atoms with Crippen LogP contribution < -0.4 is 5.56 Å². The summed E-state index contributed by atoms with van der Waals surface area (Å²) in [6, 6.07) is 0. The lowest BCUT2D eigenvalue weighted by molar-refractivity contribution is 0.380. The molecule has 0 aliphatic carbocycles. The van der Waals surface area contributed by atoms with Crippen LogP contribution in [0.2, 0.25) is 0 Å².